The maximum Gasteiger partial charge on any atom is 0.240 e. The van der Waals surface area contributed by atoms with Crippen molar-refractivity contribution in [3.63, 3.8) is 0 Å². The molecule has 0 saturated heterocycles. The molecule has 0 radical (unpaired) electrons. The molecule has 1 aromatic heterocycles. The number of nitrogens with one attached hydrogen (secondary N) is 1. The van der Waals surface area contributed by atoms with Gasteiger partial charge in [0.05, 0.1) is 6.54 Å². The van der Waals surface area contributed by atoms with E-state index in [2.05, 4.69) is 15.5 Å². The van der Waals surface area contributed by atoms with E-state index in [4.69, 9.17) is 4.52 Å². The third-order valence-corrected chi connectivity index (χ3v) is 3.54. The Balaban J connectivity index is 1.67. The van der Waals surface area contributed by atoms with Crippen LogP contribution in [0.25, 0.3) is 11.4 Å². The van der Waals surface area contributed by atoms with Gasteiger partial charge in [0, 0.05) is 11.6 Å². The van der Waals surface area contributed by atoms with E-state index in [1.807, 2.05) is 0 Å². The summed E-state index contributed by atoms with van der Waals surface area (Å²) < 4.78 is 31.1. The Morgan fingerprint density at radius 2 is 2.00 bits per heavy atom. The average Bonchev–Trinajstić information content (AvgIpc) is 3.10. The molecule has 6 heteroatoms. The van der Waals surface area contributed by atoms with Crippen LogP contribution in [0.2, 0.25) is 0 Å². The fourth-order valence-electron chi connectivity index (χ4n) is 2.44. The normalized spacial score (nSPS) is 15.9. The summed E-state index contributed by atoms with van der Waals surface area (Å²) in [7, 11) is 0. The van der Waals surface area contributed by atoms with Crippen LogP contribution in [0.3, 0.4) is 0 Å². The van der Waals surface area contributed by atoms with Gasteiger partial charge in [-0.05, 0) is 31.0 Å². The quantitative estimate of drug-likeness (QED) is 0.934. The Hall–Kier alpha value is -1.82. The van der Waals surface area contributed by atoms with Crippen LogP contribution in [0, 0.1) is 11.6 Å². The molecule has 1 aromatic carbocycles. The van der Waals surface area contributed by atoms with Gasteiger partial charge in [0.2, 0.25) is 11.7 Å². The van der Waals surface area contributed by atoms with Gasteiger partial charge in [0.1, 0.15) is 0 Å². The van der Waals surface area contributed by atoms with Crippen LogP contribution in [0.15, 0.2) is 22.7 Å². The van der Waals surface area contributed by atoms with E-state index in [0.29, 0.717) is 24.0 Å². The van der Waals surface area contributed by atoms with Gasteiger partial charge < -0.3 is 9.84 Å². The summed E-state index contributed by atoms with van der Waals surface area (Å²) >= 11 is 0. The van der Waals surface area contributed by atoms with Gasteiger partial charge in [-0.3, -0.25) is 0 Å². The predicted octanol–water partition coefficient (Wildman–Crippen LogP) is 3.05. The van der Waals surface area contributed by atoms with Crippen molar-refractivity contribution in [3.8, 4) is 11.4 Å². The van der Waals surface area contributed by atoms with Gasteiger partial charge >= 0.3 is 0 Å². The summed E-state index contributed by atoms with van der Waals surface area (Å²) in [6.45, 7) is 0.501. The van der Waals surface area contributed by atoms with E-state index in [0.717, 1.165) is 12.1 Å². The summed E-state index contributed by atoms with van der Waals surface area (Å²) in [6, 6.07) is 4.05. The molecule has 1 aliphatic rings. The zero-order chi connectivity index (χ0) is 13.9. The van der Waals surface area contributed by atoms with Crippen molar-refractivity contribution in [1.82, 2.24) is 15.5 Å². The minimum absolute atomic E-state index is 0.270. The molecule has 0 unspecified atom stereocenters. The molecular formula is C14H15F2N3O. The zero-order valence-electron chi connectivity index (χ0n) is 10.9. The number of nitrogens with zero attached hydrogens (tertiary/aromatic N) is 2. The number of hydrogen-bond donors (Lipinski definition) is 1. The minimum atomic E-state index is -0.919. The molecule has 1 heterocycles. The Bertz CT molecular complexity index is 594. The number of halogens is 2. The van der Waals surface area contributed by atoms with Gasteiger partial charge in [-0.15, -0.1) is 0 Å². The van der Waals surface area contributed by atoms with Crippen molar-refractivity contribution in [2.24, 2.45) is 0 Å². The molecule has 1 N–H and O–H groups in total. The molecule has 1 saturated carbocycles. The molecule has 0 aliphatic heterocycles. The van der Waals surface area contributed by atoms with E-state index in [-0.39, 0.29) is 5.82 Å². The second-order valence-corrected chi connectivity index (χ2v) is 5.00. The lowest BCUT2D eigenvalue weighted by Crippen LogP contribution is -2.25. The molecule has 0 spiro atoms. The van der Waals surface area contributed by atoms with E-state index < -0.39 is 11.6 Å². The Labute approximate surface area is 115 Å². The summed E-state index contributed by atoms with van der Waals surface area (Å²) in [4.78, 5) is 4.18. The summed E-state index contributed by atoms with van der Waals surface area (Å²) in [6.07, 6.45) is 4.84. The zero-order valence-corrected chi connectivity index (χ0v) is 10.9. The average molecular weight is 279 g/mol. The smallest absolute Gasteiger partial charge is 0.240 e. The third-order valence-electron chi connectivity index (χ3n) is 3.54. The first-order valence-electron chi connectivity index (χ1n) is 6.74. The molecule has 4 nitrogen and oxygen atoms in total. The van der Waals surface area contributed by atoms with Crippen LogP contribution in [0.1, 0.15) is 31.6 Å². The van der Waals surface area contributed by atoms with Crippen molar-refractivity contribution in [3.05, 3.63) is 35.7 Å². The molecule has 0 atom stereocenters. The molecule has 106 valence electrons. The molecule has 0 amide bonds. The topological polar surface area (TPSA) is 51.0 Å². The Morgan fingerprint density at radius 3 is 2.75 bits per heavy atom. The highest BCUT2D eigenvalue weighted by atomic mass is 19.2. The lowest BCUT2D eigenvalue weighted by molar-refractivity contribution is 0.357. The fourth-order valence-corrected chi connectivity index (χ4v) is 2.44. The van der Waals surface area contributed by atoms with Crippen LogP contribution in [0.4, 0.5) is 8.78 Å². The Kier molecular flexibility index (Phi) is 3.73. The van der Waals surface area contributed by atoms with Crippen molar-refractivity contribution in [2.75, 3.05) is 0 Å². The molecular weight excluding hydrogens is 264 g/mol. The van der Waals surface area contributed by atoms with Gasteiger partial charge in [0.25, 0.3) is 0 Å². The number of hydrogen-bond acceptors (Lipinski definition) is 4. The van der Waals surface area contributed by atoms with Crippen LogP contribution in [-0.4, -0.2) is 16.2 Å². The van der Waals surface area contributed by atoms with Crippen LogP contribution in [-0.2, 0) is 6.54 Å². The molecule has 1 aliphatic carbocycles. The Morgan fingerprint density at radius 1 is 1.20 bits per heavy atom. The maximum absolute atomic E-state index is 13.2. The summed E-state index contributed by atoms with van der Waals surface area (Å²) in [5.41, 5.74) is 0.403. The van der Waals surface area contributed by atoms with Gasteiger partial charge in [-0.2, -0.15) is 4.98 Å². The van der Waals surface area contributed by atoms with Crippen molar-refractivity contribution in [2.45, 2.75) is 38.3 Å². The summed E-state index contributed by atoms with van der Waals surface area (Å²) in [5, 5.41) is 7.14. The van der Waals surface area contributed by atoms with Crippen molar-refractivity contribution in [1.29, 1.82) is 0 Å². The highest BCUT2D eigenvalue weighted by Gasteiger charge is 2.16. The van der Waals surface area contributed by atoms with Crippen molar-refractivity contribution < 1.29 is 13.3 Å². The molecule has 0 bridgehead atoms. The van der Waals surface area contributed by atoms with Crippen molar-refractivity contribution >= 4 is 0 Å². The number of benzene rings is 1. The number of rotatable bonds is 4. The second kappa shape index (κ2) is 5.66. The van der Waals surface area contributed by atoms with E-state index in [9.17, 15) is 8.78 Å². The SMILES string of the molecule is Fc1ccc(-c2noc(CNC3CCCC3)n2)cc1F. The van der Waals surface area contributed by atoms with Crippen LogP contribution >= 0.6 is 0 Å². The van der Waals surface area contributed by atoms with Gasteiger partial charge in [-0.1, -0.05) is 18.0 Å². The first kappa shape index (κ1) is 13.2. The fraction of sp³-hybridized carbons (Fsp3) is 0.429. The molecule has 1 fully saturated rings. The van der Waals surface area contributed by atoms with E-state index in [1.54, 1.807) is 0 Å². The van der Waals surface area contributed by atoms with Crippen LogP contribution in [0.5, 0.6) is 0 Å². The monoisotopic (exact) mass is 279 g/mol. The van der Waals surface area contributed by atoms with Crippen LogP contribution < -0.4 is 5.32 Å². The lowest BCUT2D eigenvalue weighted by Gasteiger charge is -2.08. The molecule has 3 rings (SSSR count). The second-order valence-electron chi connectivity index (χ2n) is 5.00. The van der Waals surface area contributed by atoms with E-state index >= 15 is 0 Å². The first-order chi connectivity index (χ1) is 9.72. The van der Waals surface area contributed by atoms with Gasteiger partial charge in [-0.25, -0.2) is 8.78 Å². The lowest BCUT2D eigenvalue weighted by atomic mass is 10.2. The standard InChI is InChI=1S/C14H15F2N3O/c15-11-6-5-9(7-12(11)16)14-18-13(20-19-14)8-17-10-3-1-2-4-10/h5-7,10,17H,1-4,8H2. The number of aromatic nitrogens is 2. The molecule has 20 heavy (non-hydrogen) atoms. The van der Waals surface area contributed by atoms with Gasteiger partial charge in [0.15, 0.2) is 11.6 Å². The minimum Gasteiger partial charge on any atom is -0.338 e. The molecule has 2 aromatic rings. The summed E-state index contributed by atoms with van der Waals surface area (Å²) in [5.74, 6) is -1.08. The third kappa shape index (κ3) is 2.85. The largest absolute Gasteiger partial charge is 0.338 e. The first-order valence-corrected chi connectivity index (χ1v) is 6.74. The maximum atomic E-state index is 13.2. The predicted molar refractivity (Wildman–Crippen MR) is 68.7 cm³/mol. The highest BCUT2D eigenvalue weighted by Crippen LogP contribution is 2.20. The highest BCUT2D eigenvalue weighted by molar-refractivity contribution is 5.54. The van der Waals surface area contributed by atoms with E-state index in [1.165, 1.54) is 31.7 Å².